The van der Waals surface area contributed by atoms with Crippen LogP contribution in [0.1, 0.15) is 27.0 Å². The summed E-state index contributed by atoms with van der Waals surface area (Å²) < 4.78 is 0. The molecule has 0 aliphatic heterocycles. The summed E-state index contributed by atoms with van der Waals surface area (Å²) in [4.78, 5) is 11.0. The van der Waals surface area contributed by atoms with Crippen molar-refractivity contribution in [3.05, 3.63) is 34.4 Å². The number of hydrogen-bond acceptors (Lipinski definition) is 1. The Hall–Kier alpha value is -0.760. The highest BCUT2D eigenvalue weighted by atomic mass is 32.1. The van der Waals surface area contributed by atoms with Crippen molar-refractivity contribution in [2.24, 2.45) is 0 Å². The fourth-order valence-electron chi connectivity index (χ4n) is 1.19. The molecule has 0 radical (unpaired) electrons. The van der Waals surface area contributed by atoms with Crippen LogP contribution in [-0.2, 0) is 0 Å². The van der Waals surface area contributed by atoms with Crippen LogP contribution in [-0.4, -0.2) is 5.12 Å². The minimum Gasteiger partial charge on any atom is -0.282 e. The minimum atomic E-state index is -0.157. The fourth-order valence-corrected chi connectivity index (χ4v) is 1.43. The van der Waals surface area contributed by atoms with E-state index in [0.29, 0.717) is 5.56 Å². The van der Waals surface area contributed by atoms with Gasteiger partial charge in [0, 0.05) is 5.56 Å². The normalized spacial score (nSPS) is 10.0. The molecule has 0 saturated carbocycles. The molecule has 0 fully saturated rings. The lowest BCUT2D eigenvalue weighted by atomic mass is 10.00. The highest BCUT2D eigenvalue weighted by Gasteiger charge is 2.07. The summed E-state index contributed by atoms with van der Waals surface area (Å²) in [5.41, 5.74) is 4.14. The van der Waals surface area contributed by atoms with Crippen LogP contribution in [0, 0.1) is 20.8 Å². The summed E-state index contributed by atoms with van der Waals surface area (Å²) in [5, 5.41) is -0.157. The van der Waals surface area contributed by atoms with Crippen LogP contribution in [0.3, 0.4) is 0 Å². The van der Waals surface area contributed by atoms with E-state index in [1.54, 1.807) is 0 Å². The van der Waals surface area contributed by atoms with E-state index in [0.717, 1.165) is 5.56 Å². The van der Waals surface area contributed by atoms with Gasteiger partial charge >= 0.3 is 0 Å². The van der Waals surface area contributed by atoms with E-state index in [1.807, 2.05) is 32.9 Å². The number of benzene rings is 1. The van der Waals surface area contributed by atoms with Crippen LogP contribution in [0.25, 0.3) is 0 Å². The van der Waals surface area contributed by atoms with Crippen molar-refractivity contribution in [1.29, 1.82) is 0 Å². The Bertz CT molecular complexity index is 329. The summed E-state index contributed by atoms with van der Waals surface area (Å²) in [6.07, 6.45) is 0. The van der Waals surface area contributed by atoms with Crippen molar-refractivity contribution in [2.45, 2.75) is 20.8 Å². The van der Waals surface area contributed by atoms with Gasteiger partial charge < -0.3 is 0 Å². The van der Waals surface area contributed by atoms with Crippen molar-refractivity contribution >= 4 is 17.7 Å². The molecule has 1 rings (SSSR count). The van der Waals surface area contributed by atoms with Crippen molar-refractivity contribution in [3.63, 3.8) is 0 Å². The third kappa shape index (κ3) is 1.53. The monoisotopic (exact) mass is 180 g/mol. The van der Waals surface area contributed by atoms with Gasteiger partial charge in [-0.05, 0) is 43.5 Å². The standard InChI is InChI=1S/C10H12OS/c1-6-4-5-9(10(11)12)8(3)7(6)2/h4-5H,1-3H3,(H,11,12). The van der Waals surface area contributed by atoms with Gasteiger partial charge in [0.1, 0.15) is 0 Å². The lowest BCUT2D eigenvalue weighted by Crippen LogP contribution is -1.97. The number of carbonyl (C=O) groups is 1. The van der Waals surface area contributed by atoms with Crippen LogP contribution in [0.4, 0.5) is 0 Å². The van der Waals surface area contributed by atoms with Crippen LogP contribution in [0.5, 0.6) is 0 Å². The Labute approximate surface area is 78.2 Å². The molecule has 0 N–H and O–H groups in total. The van der Waals surface area contributed by atoms with E-state index in [4.69, 9.17) is 0 Å². The molecule has 1 aromatic carbocycles. The van der Waals surface area contributed by atoms with Crippen molar-refractivity contribution < 1.29 is 4.79 Å². The first-order valence-corrected chi connectivity index (χ1v) is 4.29. The van der Waals surface area contributed by atoms with E-state index in [-0.39, 0.29) is 5.12 Å². The summed E-state index contributed by atoms with van der Waals surface area (Å²) >= 11 is 3.80. The van der Waals surface area contributed by atoms with Gasteiger partial charge in [0.05, 0.1) is 0 Å². The molecule has 12 heavy (non-hydrogen) atoms. The number of aryl methyl sites for hydroxylation is 1. The Morgan fingerprint density at radius 1 is 1.17 bits per heavy atom. The highest BCUT2D eigenvalue weighted by Crippen LogP contribution is 2.18. The second kappa shape index (κ2) is 3.31. The minimum absolute atomic E-state index is 0.157. The summed E-state index contributed by atoms with van der Waals surface area (Å²) in [5.74, 6) is 0. The summed E-state index contributed by atoms with van der Waals surface area (Å²) in [6, 6.07) is 3.78. The van der Waals surface area contributed by atoms with Crippen LogP contribution < -0.4 is 0 Å². The van der Waals surface area contributed by atoms with Crippen molar-refractivity contribution in [2.75, 3.05) is 0 Å². The summed E-state index contributed by atoms with van der Waals surface area (Å²) in [6.45, 7) is 6.01. The van der Waals surface area contributed by atoms with E-state index >= 15 is 0 Å². The zero-order valence-corrected chi connectivity index (χ0v) is 8.40. The van der Waals surface area contributed by atoms with Crippen molar-refractivity contribution in [3.8, 4) is 0 Å². The van der Waals surface area contributed by atoms with Gasteiger partial charge in [0.15, 0.2) is 0 Å². The van der Waals surface area contributed by atoms with Gasteiger partial charge in [0.2, 0.25) is 5.12 Å². The first-order valence-electron chi connectivity index (χ1n) is 3.84. The predicted octanol–water partition coefficient (Wildman–Crippen LogP) is 2.68. The molecule has 64 valence electrons. The first kappa shape index (κ1) is 9.33. The Balaban J connectivity index is 3.36. The molecule has 0 bridgehead atoms. The molecule has 0 atom stereocenters. The van der Waals surface area contributed by atoms with Crippen LogP contribution in [0.2, 0.25) is 0 Å². The molecule has 0 spiro atoms. The number of rotatable bonds is 1. The Kier molecular flexibility index (Phi) is 2.58. The van der Waals surface area contributed by atoms with Gasteiger partial charge in [-0.3, -0.25) is 4.79 Å². The molecule has 1 aromatic rings. The van der Waals surface area contributed by atoms with Crippen molar-refractivity contribution in [1.82, 2.24) is 0 Å². The van der Waals surface area contributed by atoms with E-state index in [2.05, 4.69) is 12.6 Å². The van der Waals surface area contributed by atoms with Gasteiger partial charge in [-0.2, -0.15) is 0 Å². The quantitative estimate of drug-likeness (QED) is 0.657. The second-order valence-electron chi connectivity index (χ2n) is 2.99. The average molecular weight is 180 g/mol. The van der Waals surface area contributed by atoms with Gasteiger partial charge in [-0.1, -0.05) is 6.07 Å². The van der Waals surface area contributed by atoms with Crippen LogP contribution in [0.15, 0.2) is 12.1 Å². The molecule has 0 heterocycles. The third-order valence-electron chi connectivity index (χ3n) is 2.29. The van der Waals surface area contributed by atoms with E-state index in [1.165, 1.54) is 11.1 Å². The highest BCUT2D eigenvalue weighted by molar-refractivity contribution is 7.97. The molecule has 0 saturated heterocycles. The predicted molar refractivity (Wildman–Crippen MR) is 54.0 cm³/mol. The maximum absolute atomic E-state index is 11.0. The maximum Gasteiger partial charge on any atom is 0.216 e. The van der Waals surface area contributed by atoms with Crippen LogP contribution >= 0.6 is 12.6 Å². The smallest absolute Gasteiger partial charge is 0.216 e. The van der Waals surface area contributed by atoms with Gasteiger partial charge in [-0.25, -0.2) is 0 Å². The summed E-state index contributed by atoms with van der Waals surface area (Å²) in [7, 11) is 0. The SMILES string of the molecule is Cc1ccc(C(=O)S)c(C)c1C. The molecular formula is C10H12OS. The zero-order chi connectivity index (χ0) is 9.30. The number of thiol groups is 1. The molecule has 1 nitrogen and oxygen atoms in total. The zero-order valence-electron chi connectivity index (χ0n) is 7.51. The molecule has 0 amide bonds. The molecule has 0 aromatic heterocycles. The number of carbonyl (C=O) groups excluding carboxylic acids is 1. The average Bonchev–Trinajstić information content (AvgIpc) is 2.00. The second-order valence-corrected chi connectivity index (χ2v) is 3.39. The lowest BCUT2D eigenvalue weighted by molar-refractivity contribution is 0.109. The first-order chi connectivity index (χ1) is 5.54. The Morgan fingerprint density at radius 3 is 2.25 bits per heavy atom. The van der Waals surface area contributed by atoms with E-state index < -0.39 is 0 Å². The molecular weight excluding hydrogens is 168 g/mol. The molecule has 0 aliphatic carbocycles. The fraction of sp³-hybridized carbons (Fsp3) is 0.300. The van der Waals surface area contributed by atoms with Gasteiger partial charge in [0.25, 0.3) is 0 Å². The molecule has 2 heteroatoms. The topological polar surface area (TPSA) is 17.1 Å². The molecule has 0 unspecified atom stereocenters. The maximum atomic E-state index is 11.0. The third-order valence-corrected chi connectivity index (χ3v) is 2.53. The lowest BCUT2D eigenvalue weighted by Gasteiger charge is -2.07. The largest absolute Gasteiger partial charge is 0.282 e. The Morgan fingerprint density at radius 2 is 1.75 bits per heavy atom. The molecule has 0 aliphatic rings. The van der Waals surface area contributed by atoms with E-state index in [9.17, 15) is 4.79 Å². The van der Waals surface area contributed by atoms with Gasteiger partial charge in [-0.15, -0.1) is 12.6 Å². The number of hydrogen-bond donors (Lipinski definition) is 1.